The van der Waals surface area contributed by atoms with Gasteiger partial charge in [-0.1, -0.05) is 19.1 Å². The molecule has 0 spiro atoms. The van der Waals surface area contributed by atoms with E-state index in [-0.39, 0.29) is 35.1 Å². The van der Waals surface area contributed by atoms with E-state index in [0.717, 1.165) is 41.0 Å². The summed E-state index contributed by atoms with van der Waals surface area (Å²) in [5, 5.41) is 22.5. The highest BCUT2D eigenvalue weighted by Gasteiger charge is 2.26. The minimum absolute atomic E-state index is 0.0522. The standard InChI is InChI=1S/C26H39FN2O5S2/c1-5-20-16-19(8-6-10-25(31)32)11-13-23(20)36(33,34)29(4)18-21(30)17-28-26(2,3)15-7-9-22-12-14-24(27)35-22/h11-14,16,21,28,30H,5-10,15,17-18H2,1-4H3,(H,31,32)/t21-/m1/s1. The van der Waals surface area contributed by atoms with E-state index < -0.39 is 22.1 Å². The lowest BCUT2D eigenvalue weighted by molar-refractivity contribution is -0.137. The third-order valence-electron chi connectivity index (χ3n) is 6.19. The van der Waals surface area contributed by atoms with Gasteiger partial charge in [0, 0.05) is 37.0 Å². The second kappa shape index (κ2) is 13.6. The highest BCUT2D eigenvalue weighted by Crippen LogP contribution is 2.23. The maximum atomic E-state index is 13.2. The average Bonchev–Trinajstić information content (AvgIpc) is 3.22. The molecule has 202 valence electrons. The molecule has 0 saturated heterocycles. The van der Waals surface area contributed by atoms with E-state index in [9.17, 15) is 22.7 Å². The summed E-state index contributed by atoms with van der Waals surface area (Å²) in [5.41, 5.74) is 1.32. The van der Waals surface area contributed by atoms with Crippen LogP contribution < -0.4 is 5.32 Å². The van der Waals surface area contributed by atoms with Gasteiger partial charge in [0.15, 0.2) is 5.13 Å². The van der Waals surface area contributed by atoms with Crippen LogP contribution in [-0.2, 0) is 34.1 Å². The number of aliphatic hydroxyl groups is 1. The third kappa shape index (κ3) is 9.55. The van der Waals surface area contributed by atoms with Crippen molar-refractivity contribution in [2.75, 3.05) is 20.1 Å². The predicted molar refractivity (Wildman–Crippen MR) is 142 cm³/mol. The Morgan fingerprint density at radius 3 is 2.53 bits per heavy atom. The van der Waals surface area contributed by atoms with Crippen LogP contribution in [0.4, 0.5) is 4.39 Å². The Labute approximate surface area is 218 Å². The fourth-order valence-corrected chi connectivity index (χ4v) is 6.31. The number of hydrogen-bond donors (Lipinski definition) is 3. The molecule has 7 nitrogen and oxygen atoms in total. The van der Waals surface area contributed by atoms with Crippen LogP contribution >= 0.6 is 11.3 Å². The van der Waals surface area contributed by atoms with Gasteiger partial charge in [0.25, 0.3) is 0 Å². The molecule has 3 N–H and O–H groups in total. The van der Waals surface area contributed by atoms with Crippen LogP contribution in [-0.4, -0.2) is 60.7 Å². The number of likely N-dealkylation sites (N-methyl/N-ethyl adjacent to an activating group) is 1. The van der Waals surface area contributed by atoms with Crippen LogP contribution in [0.2, 0.25) is 0 Å². The van der Waals surface area contributed by atoms with Crippen LogP contribution in [0.5, 0.6) is 0 Å². The Morgan fingerprint density at radius 2 is 1.92 bits per heavy atom. The van der Waals surface area contributed by atoms with Crippen molar-refractivity contribution in [1.82, 2.24) is 9.62 Å². The molecule has 1 aromatic heterocycles. The van der Waals surface area contributed by atoms with E-state index in [2.05, 4.69) is 5.32 Å². The molecule has 0 saturated carbocycles. The van der Waals surface area contributed by atoms with E-state index >= 15 is 0 Å². The smallest absolute Gasteiger partial charge is 0.303 e. The van der Waals surface area contributed by atoms with Crippen molar-refractivity contribution in [1.29, 1.82) is 0 Å². The molecule has 0 fully saturated rings. The van der Waals surface area contributed by atoms with Gasteiger partial charge in [0.05, 0.1) is 11.0 Å². The topological polar surface area (TPSA) is 107 Å². The second-order valence-electron chi connectivity index (χ2n) is 9.81. The lowest BCUT2D eigenvalue weighted by atomic mass is 9.96. The number of sulfonamides is 1. The van der Waals surface area contributed by atoms with E-state index in [0.29, 0.717) is 24.8 Å². The quantitative estimate of drug-likeness (QED) is 0.293. The number of carbonyl (C=O) groups is 1. The van der Waals surface area contributed by atoms with Gasteiger partial charge in [-0.2, -0.15) is 8.70 Å². The molecule has 0 aliphatic carbocycles. The number of thiophene rings is 1. The number of aliphatic hydroxyl groups excluding tert-OH is 1. The molecule has 2 aromatic rings. The van der Waals surface area contributed by atoms with E-state index in [1.807, 2.05) is 26.8 Å². The van der Waals surface area contributed by atoms with Gasteiger partial charge in [-0.3, -0.25) is 4.79 Å². The Hall–Kier alpha value is -1.85. The molecule has 2 rings (SSSR count). The van der Waals surface area contributed by atoms with Gasteiger partial charge in [-0.05, 0) is 81.7 Å². The van der Waals surface area contributed by atoms with Crippen LogP contribution in [0.25, 0.3) is 0 Å². The Balaban J connectivity index is 1.90. The fourth-order valence-electron chi connectivity index (χ4n) is 4.06. The van der Waals surface area contributed by atoms with E-state index in [4.69, 9.17) is 5.11 Å². The number of nitrogens with one attached hydrogen (secondary N) is 1. The number of carboxylic acid groups (broad SMARTS) is 1. The van der Waals surface area contributed by atoms with Crippen molar-refractivity contribution >= 4 is 27.3 Å². The number of β-amino-alcohol motifs (C(OH)–C–C–N with tert-alkyl or cyclic N) is 1. The lowest BCUT2D eigenvalue weighted by Gasteiger charge is -2.29. The van der Waals surface area contributed by atoms with E-state index in [1.165, 1.54) is 17.4 Å². The number of aliphatic carboxylic acids is 1. The van der Waals surface area contributed by atoms with Gasteiger partial charge < -0.3 is 15.5 Å². The van der Waals surface area contributed by atoms with Crippen LogP contribution in [0.1, 0.15) is 62.5 Å². The maximum Gasteiger partial charge on any atom is 0.303 e. The molecule has 1 heterocycles. The zero-order chi connectivity index (χ0) is 26.9. The summed E-state index contributed by atoms with van der Waals surface area (Å²) in [5.74, 6) is -0.849. The van der Waals surface area contributed by atoms with E-state index in [1.54, 1.807) is 18.2 Å². The highest BCUT2D eigenvalue weighted by atomic mass is 32.2. The van der Waals surface area contributed by atoms with Gasteiger partial charge in [0.2, 0.25) is 10.0 Å². The molecule has 1 aromatic carbocycles. The summed E-state index contributed by atoms with van der Waals surface area (Å²) in [6.07, 6.45) is 3.25. The van der Waals surface area contributed by atoms with Crippen molar-refractivity contribution in [2.45, 2.75) is 82.3 Å². The molecule has 0 unspecified atom stereocenters. The first-order chi connectivity index (χ1) is 16.8. The molecule has 0 aliphatic rings. The third-order valence-corrected chi connectivity index (χ3v) is 9.05. The Morgan fingerprint density at radius 1 is 1.19 bits per heavy atom. The second-order valence-corrected chi connectivity index (χ2v) is 12.9. The summed E-state index contributed by atoms with van der Waals surface area (Å²) in [4.78, 5) is 12.0. The summed E-state index contributed by atoms with van der Waals surface area (Å²) < 4.78 is 40.8. The molecule has 0 radical (unpaired) electrons. The number of carboxylic acids is 1. The number of aryl methyl sites for hydroxylation is 3. The highest BCUT2D eigenvalue weighted by molar-refractivity contribution is 7.89. The first kappa shape index (κ1) is 30.4. The number of benzene rings is 1. The number of rotatable bonds is 16. The molecular formula is C26H39FN2O5S2. The van der Waals surface area contributed by atoms with Gasteiger partial charge in [-0.25, -0.2) is 8.42 Å². The normalized spacial score (nSPS) is 13.3. The van der Waals surface area contributed by atoms with Crippen LogP contribution in [0.15, 0.2) is 35.2 Å². The summed E-state index contributed by atoms with van der Waals surface area (Å²) in [6, 6.07) is 8.41. The molecule has 0 aliphatic heterocycles. The number of hydrogen-bond acceptors (Lipinski definition) is 6. The first-order valence-corrected chi connectivity index (χ1v) is 14.6. The van der Waals surface area contributed by atoms with Crippen molar-refractivity contribution in [3.05, 3.63) is 51.5 Å². The first-order valence-electron chi connectivity index (χ1n) is 12.3. The fraction of sp³-hybridized carbons (Fsp3) is 0.577. The molecule has 0 bridgehead atoms. The SMILES string of the molecule is CCc1cc(CCCC(=O)O)ccc1S(=O)(=O)N(C)C[C@H](O)CNC(C)(C)CCCc1ccc(F)s1. The van der Waals surface area contributed by atoms with Crippen molar-refractivity contribution < 1.29 is 27.8 Å². The molecule has 1 atom stereocenters. The average molecular weight is 543 g/mol. The van der Waals surface area contributed by atoms with Crippen molar-refractivity contribution in [3.8, 4) is 0 Å². The molecule has 0 amide bonds. The zero-order valence-corrected chi connectivity index (χ0v) is 23.2. The number of halogens is 1. The van der Waals surface area contributed by atoms with Crippen molar-refractivity contribution in [3.63, 3.8) is 0 Å². The summed E-state index contributed by atoms with van der Waals surface area (Å²) in [6.45, 7) is 6.12. The van der Waals surface area contributed by atoms with Gasteiger partial charge in [-0.15, -0.1) is 11.3 Å². The van der Waals surface area contributed by atoms with Crippen LogP contribution in [0, 0.1) is 5.13 Å². The minimum Gasteiger partial charge on any atom is -0.481 e. The van der Waals surface area contributed by atoms with Crippen LogP contribution in [0.3, 0.4) is 0 Å². The Bertz CT molecular complexity index is 1100. The molecule has 10 heteroatoms. The predicted octanol–water partition coefficient (Wildman–Crippen LogP) is 4.23. The maximum absolute atomic E-state index is 13.2. The lowest BCUT2D eigenvalue weighted by Crippen LogP contribution is -2.46. The molecule has 36 heavy (non-hydrogen) atoms. The van der Waals surface area contributed by atoms with Crippen molar-refractivity contribution in [2.24, 2.45) is 0 Å². The summed E-state index contributed by atoms with van der Waals surface area (Å²) in [7, 11) is -2.34. The Kier molecular flexibility index (Phi) is 11.5. The van der Waals surface area contributed by atoms with Gasteiger partial charge in [0.1, 0.15) is 0 Å². The summed E-state index contributed by atoms with van der Waals surface area (Å²) >= 11 is 1.16. The van der Waals surface area contributed by atoms with Gasteiger partial charge >= 0.3 is 5.97 Å². The largest absolute Gasteiger partial charge is 0.481 e. The molecular weight excluding hydrogens is 503 g/mol. The minimum atomic E-state index is -3.80. The number of nitrogens with zero attached hydrogens (tertiary/aromatic N) is 1. The monoisotopic (exact) mass is 542 g/mol. The zero-order valence-electron chi connectivity index (χ0n) is 21.6.